The third-order valence-electron chi connectivity index (χ3n) is 5.95. The molecule has 1 saturated carbocycles. The van der Waals surface area contributed by atoms with E-state index in [0.29, 0.717) is 25.2 Å². The van der Waals surface area contributed by atoms with E-state index in [-0.39, 0.29) is 28.5 Å². The van der Waals surface area contributed by atoms with Gasteiger partial charge < -0.3 is 19.3 Å². The first-order valence-electron chi connectivity index (χ1n) is 9.98. The molecule has 0 saturated heterocycles. The van der Waals surface area contributed by atoms with Gasteiger partial charge in [-0.25, -0.2) is 0 Å². The van der Waals surface area contributed by atoms with E-state index in [1.54, 1.807) is 35.4 Å². The maximum Gasteiger partial charge on any atom is 0.270 e. The van der Waals surface area contributed by atoms with Gasteiger partial charge in [0.15, 0.2) is 0 Å². The van der Waals surface area contributed by atoms with Crippen molar-refractivity contribution in [3.63, 3.8) is 0 Å². The number of pyridine rings is 1. The summed E-state index contributed by atoms with van der Waals surface area (Å²) in [6.07, 6.45) is 3.35. The minimum atomic E-state index is -1.00. The zero-order chi connectivity index (χ0) is 22.2. The molecule has 2 heterocycles. The molecule has 0 unspecified atom stereocenters. The molecule has 160 valence electrons. The van der Waals surface area contributed by atoms with E-state index < -0.39 is 22.6 Å². The van der Waals surface area contributed by atoms with E-state index in [2.05, 4.69) is 5.32 Å². The Labute approximate surface area is 182 Å². The van der Waals surface area contributed by atoms with Crippen molar-refractivity contribution in [3.05, 3.63) is 69.1 Å². The van der Waals surface area contributed by atoms with E-state index in [9.17, 15) is 18.9 Å². The van der Waals surface area contributed by atoms with Gasteiger partial charge in [0.2, 0.25) is 0 Å². The summed E-state index contributed by atoms with van der Waals surface area (Å²) in [5, 5.41) is 11.6. The first kappa shape index (κ1) is 21.2. The molecule has 1 aromatic heterocycles. The number of amides is 2. The molecule has 9 heteroatoms. The molecule has 0 spiro atoms. The summed E-state index contributed by atoms with van der Waals surface area (Å²) < 4.78 is 13.0. The molecule has 4 rings (SSSR count). The number of nitrogens with one attached hydrogen (secondary N) is 1. The van der Waals surface area contributed by atoms with Crippen LogP contribution >= 0.6 is 0 Å². The Morgan fingerprint density at radius 2 is 1.90 bits per heavy atom. The number of fused-ring (bicyclic) bond motifs is 1. The van der Waals surface area contributed by atoms with Crippen molar-refractivity contribution in [2.45, 2.75) is 30.7 Å². The quantitative estimate of drug-likeness (QED) is 0.676. The Morgan fingerprint density at radius 3 is 2.52 bits per heavy atom. The van der Waals surface area contributed by atoms with Crippen LogP contribution in [-0.2, 0) is 24.3 Å². The Kier molecular flexibility index (Phi) is 5.60. The number of rotatable bonds is 6. The van der Waals surface area contributed by atoms with Crippen LogP contribution in [0.25, 0.3) is 0 Å². The minimum Gasteiger partial charge on any atom is -0.616 e. The van der Waals surface area contributed by atoms with Crippen LogP contribution in [0, 0.1) is 11.3 Å². The zero-order valence-electron chi connectivity index (χ0n) is 17.1. The van der Waals surface area contributed by atoms with Gasteiger partial charge in [0.05, 0.1) is 24.4 Å². The van der Waals surface area contributed by atoms with E-state index >= 15 is 0 Å². The minimum absolute atomic E-state index is 0.0213. The molecule has 31 heavy (non-hydrogen) atoms. The summed E-state index contributed by atoms with van der Waals surface area (Å²) in [6.45, 7) is 1.29. The summed E-state index contributed by atoms with van der Waals surface area (Å²) in [5.74, 6) is -0.789. The van der Waals surface area contributed by atoms with Crippen LogP contribution in [0.2, 0.25) is 0 Å². The van der Waals surface area contributed by atoms with Gasteiger partial charge in [0.1, 0.15) is 16.0 Å². The van der Waals surface area contributed by atoms with Crippen molar-refractivity contribution in [3.8, 4) is 6.07 Å². The normalized spacial score (nSPS) is 17.5. The Balaban J connectivity index is 1.47. The van der Waals surface area contributed by atoms with Gasteiger partial charge in [0.25, 0.3) is 17.4 Å². The molecule has 2 aliphatic rings. The number of carbonyl (C=O) groups excluding carboxylic acids is 2. The van der Waals surface area contributed by atoms with E-state index in [4.69, 9.17) is 5.26 Å². The van der Waals surface area contributed by atoms with Gasteiger partial charge in [-0.1, -0.05) is 12.1 Å². The number of nitrogens with zero attached hydrogens (tertiary/aromatic N) is 3. The number of nitriles is 1. The summed E-state index contributed by atoms with van der Waals surface area (Å²) in [6, 6.07) is 11.7. The van der Waals surface area contributed by atoms with E-state index in [0.717, 1.165) is 18.4 Å². The maximum atomic E-state index is 12.9. The Morgan fingerprint density at radius 1 is 1.19 bits per heavy atom. The fourth-order valence-corrected chi connectivity index (χ4v) is 4.81. The molecule has 1 atom stereocenters. The van der Waals surface area contributed by atoms with Gasteiger partial charge in [-0.3, -0.25) is 14.4 Å². The van der Waals surface area contributed by atoms with Crippen molar-refractivity contribution < 1.29 is 14.1 Å². The molecule has 1 aliphatic carbocycles. The molecular formula is C22H22N4O4S. The molecule has 1 fully saturated rings. The Bertz CT molecular complexity index is 1130. The van der Waals surface area contributed by atoms with Crippen LogP contribution in [0.5, 0.6) is 0 Å². The van der Waals surface area contributed by atoms with Crippen LogP contribution in [0.4, 0.5) is 0 Å². The standard InChI is InChI=1S/C22H22N4O4S/c1-31(30)22(8-9-22)14-25-10-11-26-18(21(25)29)7-6-17(20(26)28)19(27)24-13-16-4-2-15(12-23)3-5-16/h2-7H,8-11,13-14H2,1H3,(H,24,27)/t31-/m1/s1. The van der Waals surface area contributed by atoms with Gasteiger partial charge >= 0.3 is 0 Å². The highest BCUT2D eigenvalue weighted by molar-refractivity contribution is 7.92. The predicted octanol–water partition coefficient (Wildman–Crippen LogP) is 1.02. The highest BCUT2D eigenvalue weighted by Crippen LogP contribution is 2.44. The van der Waals surface area contributed by atoms with E-state index in [1.807, 2.05) is 6.07 Å². The third-order valence-corrected chi connectivity index (χ3v) is 7.71. The maximum absolute atomic E-state index is 12.9. The topological polar surface area (TPSA) is 118 Å². The molecule has 0 radical (unpaired) electrons. The molecule has 0 bridgehead atoms. The molecule has 1 aromatic carbocycles. The summed E-state index contributed by atoms with van der Waals surface area (Å²) in [7, 11) is 0. The molecule has 8 nitrogen and oxygen atoms in total. The van der Waals surface area contributed by atoms with Gasteiger partial charge in [-0.15, -0.1) is 0 Å². The van der Waals surface area contributed by atoms with Crippen LogP contribution in [0.15, 0.2) is 41.2 Å². The van der Waals surface area contributed by atoms with Crippen LogP contribution in [0.3, 0.4) is 0 Å². The number of aromatic nitrogens is 1. The molecule has 2 aromatic rings. The molecular weight excluding hydrogens is 416 g/mol. The van der Waals surface area contributed by atoms with Crippen LogP contribution in [0.1, 0.15) is 44.8 Å². The highest BCUT2D eigenvalue weighted by atomic mass is 32.2. The smallest absolute Gasteiger partial charge is 0.270 e. The molecule has 2 amide bonds. The fraction of sp³-hybridized carbons (Fsp3) is 0.364. The molecule has 1 N–H and O–H groups in total. The van der Waals surface area contributed by atoms with E-state index in [1.165, 1.54) is 16.7 Å². The number of hydrogen-bond acceptors (Lipinski definition) is 5. The third kappa shape index (κ3) is 4.09. The second kappa shape index (κ2) is 8.21. The summed E-state index contributed by atoms with van der Waals surface area (Å²) in [5.41, 5.74) is 1.06. The summed E-state index contributed by atoms with van der Waals surface area (Å²) >= 11 is -1.00. The van der Waals surface area contributed by atoms with Crippen molar-refractivity contribution in [1.82, 2.24) is 14.8 Å². The highest BCUT2D eigenvalue weighted by Gasteiger charge is 2.54. The van der Waals surface area contributed by atoms with Crippen molar-refractivity contribution >= 4 is 23.0 Å². The van der Waals surface area contributed by atoms with Crippen molar-refractivity contribution in [2.24, 2.45) is 0 Å². The first-order valence-corrected chi connectivity index (χ1v) is 11.5. The monoisotopic (exact) mass is 438 g/mol. The number of benzene rings is 1. The SMILES string of the molecule is C[S@@+]([O-])C1(CN2CCn3c(ccc(C(=O)NCc4ccc(C#N)cc4)c3=O)C2=O)CC1. The lowest BCUT2D eigenvalue weighted by molar-refractivity contribution is 0.0695. The van der Waals surface area contributed by atoms with Crippen LogP contribution in [-0.4, -0.2) is 49.9 Å². The number of hydrogen-bond donors (Lipinski definition) is 1. The first-order chi connectivity index (χ1) is 14.8. The van der Waals surface area contributed by atoms with Crippen molar-refractivity contribution in [2.75, 3.05) is 19.3 Å². The van der Waals surface area contributed by atoms with Crippen molar-refractivity contribution in [1.29, 1.82) is 5.26 Å². The average Bonchev–Trinajstić information content (AvgIpc) is 3.56. The lowest BCUT2D eigenvalue weighted by Crippen LogP contribution is -2.49. The lowest BCUT2D eigenvalue weighted by atomic mass is 10.1. The largest absolute Gasteiger partial charge is 0.616 e. The van der Waals surface area contributed by atoms with Crippen LogP contribution < -0.4 is 10.9 Å². The second-order valence-electron chi connectivity index (χ2n) is 7.94. The predicted molar refractivity (Wildman–Crippen MR) is 115 cm³/mol. The fourth-order valence-electron chi connectivity index (χ4n) is 3.79. The number of carbonyl (C=O) groups is 2. The zero-order valence-corrected chi connectivity index (χ0v) is 17.9. The van der Waals surface area contributed by atoms with Gasteiger partial charge in [-0.2, -0.15) is 5.26 Å². The molecule has 1 aliphatic heterocycles. The van der Waals surface area contributed by atoms with Gasteiger partial charge in [0, 0.05) is 32.5 Å². The lowest BCUT2D eigenvalue weighted by Gasteiger charge is -2.32. The Hall–Kier alpha value is -3.09. The summed E-state index contributed by atoms with van der Waals surface area (Å²) in [4.78, 5) is 40.0. The average molecular weight is 439 g/mol. The van der Waals surface area contributed by atoms with Gasteiger partial charge in [-0.05, 0) is 41.0 Å². The second-order valence-corrected chi connectivity index (χ2v) is 9.72.